The maximum Gasteiger partial charge on any atom is 0.272 e. The quantitative estimate of drug-likeness (QED) is 0.632. The van der Waals surface area contributed by atoms with Gasteiger partial charge >= 0.3 is 0 Å². The lowest BCUT2D eigenvalue weighted by atomic mass is 9.84. The SMILES string of the molecule is CC(NC(=O)c1nn(-c2ccc(Cl)c(Cl)c2)c2c1CCC2(C)C)C1CCCCC1. The van der Waals surface area contributed by atoms with E-state index < -0.39 is 0 Å². The number of rotatable bonds is 4. The van der Waals surface area contributed by atoms with Gasteiger partial charge in [-0.1, -0.05) is 56.3 Å². The third kappa shape index (κ3) is 3.94. The fourth-order valence-electron chi connectivity index (χ4n) is 4.95. The molecular formula is C23H29Cl2N3O. The van der Waals surface area contributed by atoms with E-state index in [0.717, 1.165) is 29.8 Å². The van der Waals surface area contributed by atoms with Gasteiger partial charge in [0.1, 0.15) is 0 Å². The highest BCUT2D eigenvalue weighted by atomic mass is 35.5. The standard InChI is InChI=1S/C23H29Cl2N3O/c1-14(15-7-5-4-6-8-15)26-22(29)20-17-11-12-23(2,3)21(17)28(27-20)16-9-10-18(24)19(25)13-16/h9-10,13-15H,4-8,11-12H2,1-3H3,(H,26,29). The molecule has 1 fully saturated rings. The van der Waals surface area contributed by atoms with Crippen molar-refractivity contribution in [1.82, 2.24) is 15.1 Å². The molecular weight excluding hydrogens is 405 g/mol. The maximum absolute atomic E-state index is 13.2. The topological polar surface area (TPSA) is 46.9 Å². The van der Waals surface area contributed by atoms with Gasteiger partial charge in [0.2, 0.25) is 0 Å². The molecule has 1 N–H and O–H groups in total. The number of nitrogens with zero attached hydrogens (tertiary/aromatic N) is 2. The molecule has 1 amide bonds. The Morgan fingerprint density at radius 2 is 1.93 bits per heavy atom. The molecule has 2 aliphatic rings. The van der Waals surface area contributed by atoms with Crippen LogP contribution in [0.5, 0.6) is 0 Å². The first kappa shape index (κ1) is 20.7. The molecule has 1 atom stereocenters. The third-order valence-corrected chi connectivity index (χ3v) is 7.44. The van der Waals surface area contributed by atoms with Gasteiger partial charge in [-0.25, -0.2) is 4.68 Å². The van der Waals surface area contributed by atoms with Crippen molar-refractivity contribution in [3.05, 3.63) is 45.2 Å². The molecule has 0 aliphatic heterocycles. The fraction of sp³-hybridized carbons (Fsp3) is 0.565. The summed E-state index contributed by atoms with van der Waals surface area (Å²) in [6.45, 7) is 6.55. The molecule has 0 bridgehead atoms. The Morgan fingerprint density at radius 3 is 2.62 bits per heavy atom. The van der Waals surface area contributed by atoms with E-state index in [4.69, 9.17) is 28.3 Å². The van der Waals surface area contributed by atoms with E-state index in [1.54, 1.807) is 6.07 Å². The lowest BCUT2D eigenvalue weighted by Gasteiger charge is -2.28. The summed E-state index contributed by atoms with van der Waals surface area (Å²) in [5.41, 5.74) is 3.51. The van der Waals surface area contributed by atoms with Crippen LogP contribution in [0.3, 0.4) is 0 Å². The number of hydrogen-bond acceptors (Lipinski definition) is 2. The molecule has 2 aliphatic carbocycles. The van der Waals surface area contributed by atoms with Crippen LogP contribution in [0.4, 0.5) is 0 Å². The van der Waals surface area contributed by atoms with Crippen LogP contribution in [-0.4, -0.2) is 21.7 Å². The Morgan fingerprint density at radius 1 is 1.21 bits per heavy atom. The molecule has 156 valence electrons. The Bertz CT molecular complexity index is 928. The minimum absolute atomic E-state index is 0.0536. The van der Waals surface area contributed by atoms with E-state index in [9.17, 15) is 4.79 Å². The smallest absolute Gasteiger partial charge is 0.272 e. The average molecular weight is 434 g/mol. The number of benzene rings is 1. The van der Waals surface area contributed by atoms with Gasteiger partial charge in [-0.05, 0) is 56.7 Å². The van der Waals surface area contributed by atoms with Crippen molar-refractivity contribution >= 4 is 29.1 Å². The predicted molar refractivity (Wildman–Crippen MR) is 118 cm³/mol. The molecule has 1 aromatic carbocycles. The van der Waals surface area contributed by atoms with Gasteiger partial charge in [0.15, 0.2) is 5.69 Å². The summed E-state index contributed by atoms with van der Waals surface area (Å²) in [5.74, 6) is 0.505. The van der Waals surface area contributed by atoms with Crippen molar-refractivity contribution < 1.29 is 4.79 Å². The highest BCUT2D eigenvalue weighted by Gasteiger charge is 2.39. The number of amides is 1. The largest absolute Gasteiger partial charge is 0.348 e. The molecule has 0 radical (unpaired) electrons. The van der Waals surface area contributed by atoms with Gasteiger partial charge in [0.25, 0.3) is 5.91 Å². The van der Waals surface area contributed by atoms with Gasteiger partial charge in [0, 0.05) is 17.0 Å². The van der Waals surface area contributed by atoms with Crippen LogP contribution in [0.2, 0.25) is 10.0 Å². The Hall–Kier alpha value is -1.52. The van der Waals surface area contributed by atoms with Crippen LogP contribution in [-0.2, 0) is 11.8 Å². The second kappa shape index (κ2) is 7.96. The van der Waals surface area contributed by atoms with Crippen LogP contribution >= 0.6 is 23.2 Å². The van der Waals surface area contributed by atoms with Gasteiger partial charge in [-0.15, -0.1) is 0 Å². The molecule has 0 spiro atoms. The first-order chi connectivity index (χ1) is 13.8. The Labute approximate surface area is 183 Å². The molecule has 6 heteroatoms. The first-order valence-electron chi connectivity index (χ1n) is 10.7. The number of hydrogen-bond donors (Lipinski definition) is 1. The molecule has 29 heavy (non-hydrogen) atoms. The van der Waals surface area contributed by atoms with Gasteiger partial charge < -0.3 is 5.32 Å². The molecule has 4 nitrogen and oxygen atoms in total. The number of nitrogens with one attached hydrogen (secondary N) is 1. The third-order valence-electron chi connectivity index (χ3n) is 6.70. The maximum atomic E-state index is 13.2. The highest BCUT2D eigenvalue weighted by Crippen LogP contribution is 2.41. The second-order valence-electron chi connectivity index (χ2n) is 9.23. The van der Waals surface area contributed by atoms with Crippen LogP contribution in [0.15, 0.2) is 18.2 Å². The summed E-state index contributed by atoms with van der Waals surface area (Å²) < 4.78 is 1.89. The van der Waals surface area contributed by atoms with Crippen LogP contribution in [0.1, 0.15) is 81.0 Å². The zero-order valence-electron chi connectivity index (χ0n) is 17.4. The minimum atomic E-state index is -0.0594. The highest BCUT2D eigenvalue weighted by molar-refractivity contribution is 6.42. The van der Waals surface area contributed by atoms with Crippen molar-refractivity contribution in [2.45, 2.75) is 77.2 Å². The zero-order valence-corrected chi connectivity index (χ0v) is 18.9. The Balaban J connectivity index is 1.67. The first-order valence-corrected chi connectivity index (χ1v) is 11.4. The van der Waals surface area contributed by atoms with Crippen LogP contribution in [0, 0.1) is 5.92 Å². The van der Waals surface area contributed by atoms with E-state index >= 15 is 0 Å². The van der Waals surface area contributed by atoms with Gasteiger partial charge in [0.05, 0.1) is 21.4 Å². The summed E-state index contributed by atoms with van der Waals surface area (Å²) >= 11 is 12.4. The zero-order chi connectivity index (χ0) is 20.8. The Kier molecular flexibility index (Phi) is 5.69. The number of carbonyl (C=O) groups excluding carboxylic acids is 1. The monoisotopic (exact) mass is 433 g/mol. The minimum Gasteiger partial charge on any atom is -0.348 e. The molecule has 1 saturated carbocycles. The predicted octanol–water partition coefficient (Wildman–Crippen LogP) is 6.10. The van der Waals surface area contributed by atoms with Crippen molar-refractivity contribution in [2.24, 2.45) is 5.92 Å². The summed E-state index contributed by atoms with van der Waals surface area (Å²) in [5, 5.41) is 9.01. The second-order valence-corrected chi connectivity index (χ2v) is 10.0. The van der Waals surface area contributed by atoms with Crippen molar-refractivity contribution in [2.75, 3.05) is 0 Å². The fourth-order valence-corrected chi connectivity index (χ4v) is 5.24. The molecule has 1 heterocycles. The molecule has 4 rings (SSSR count). The van der Waals surface area contributed by atoms with Gasteiger partial charge in [-0.3, -0.25) is 4.79 Å². The number of carbonyl (C=O) groups is 1. The number of halogens is 2. The van der Waals surface area contributed by atoms with Crippen LogP contribution in [0.25, 0.3) is 5.69 Å². The average Bonchev–Trinajstić information content (AvgIpc) is 3.23. The molecule has 0 saturated heterocycles. The van der Waals surface area contributed by atoms with Crippen LogP contribution < -0.4 is 5.32 Å². The van der Waals surface area contributed by atoms with Crippen molar-refractivity contribution in [1.29, 1.82) is 0 Å². The molecule has 1 unspecified atom stereocenters. The lowest BCUT2D eigenvalue weighted by molar-refractivity contribution is 0.0913. The normalized spacial score (nSPS) is 19.8. The number of aromatic nitrogens is 2. The van der Waals surface area contributed by atoms with Crippen molar-refractivity contribution in [3.8, 4) is 5.69 Å². The number of fused-ring (bicyclic) bond motifs is 1. The van der Waals surface area contributed by atoms with E-state index in [1.807, 2.05) is 16.8 Å². The molecule has 2 aromatic rings. The summed E-state index contributed by atoms with van der Waals surface area (Å²) in [6.07, 6.45) is 8.10. The lowest BCUT2D eigenvalue weighted by Crippen LogP contribution is -2.39. The van der Waals surface area contributed by atoms with E-state index in [0.29, 0.717) is 21.7 Å². The van der Waals surface area contributed by atoms with E-state index in [1.165, 1.54) is 32.1 Å². The summed E-state index contributed by atoms with van der Waals surface area (Å²) in [6, 6.07) is 5.67. The van der Waals surface area contributed by atoms with E-state index in [2.05, 4.69) is 26.1 Å². The van der Waals surface area contributed by atoms with E-state index in [-0.39, 0.29) is 17.4 Å². The molecule has 1 aromatic heterocycles. The summed E-state index contributed by atoms with van der Waals surface area (Å²) in [4.78, 5) is 13.2. The van der Waals surface area contributed by atoms with Gasteiger partial charge in [-0.2, -0.15) is 5.10 Å². The summed E-state index contributed by atoms with van der Waals surface area (Å²) in [7, 11) is 0. The van der Waals surface area contributed by atoms with Crippen molar-refractivity contribution in [3.63, 3.8) is 0 Å².